The van der Waals surface area contributed by atoms with Crippen LogP contribution in [0.25, 0.3) is 10.9 Å². The molecule has 0 aliphatic heterocycles. The van der Waals surface area contributed by atoms with Crippen molar-refractivity contribution < 1.29 is 19.1 Å². The van der Waals surface area contributed by atoms with Crippen molar-refractivity contribution in [3.63, 3.8) is 0 Å². The number of carbonyl (C=O) groups excluding carboxylic acids is 2. The van der Waals surface area contributed by atoms with Gasteiger partial charge in [-0.25, -0.2) is 9.59 Å². The summed E-state index contributed by atoms with van der Waals surface area (Å²) in [6.45, 7) is 9.49. The molecule has 0 atom stereocenters. The summed E-state index contributed by atoms with van der Waals surface area (Å²) in [5, 5.41) is 3.60. The standard InChI is InChI=1S/C18H24N2O4/c1-6-12-13-10-11(19-17(22)24-18(3,4)5)8-9-14(13)20-15(12)16(21)23-7-2/h8-10,20H,6-7H2,1-5H3,(H,19,22). The highest BCUT2D eigenvalue weighted by Crippen LogP contribution is 2.27. The Kier molecular flexibility index (Phi) is 5.17. The van der Waals surface area contributed by atoms with Crippen LogP contribution >= 0.6 is 0 Å². The zero-order valence-electron chi connectivity index (χ0n) is 14.8. The van der Waals surface area contributed by atoms with E-state index in [1.165, 1.54) is 0 Å². The average molecular weight is 332 g/mol. The predicted molar refractivity (Wildman–Crippen MR) is 93.5 cm³/mol. The first-order valence-corrected chi connectivity index (χ1v) is 8.07. The van der Waals surface area contributed by atoms with Crippen LogP contribution in [0.4, 0.5) is 10.5 Å². The fraction of sp³-hybridized carbons (Fsp3) is 0.444. The zero-order chi connectivity index (χ0) is 17.9. The predicted octanol–water partition coefficient (Wildman–Crippen LogP) is 4.25. The van der Waals surface area contributed by atoms with Crippen molar-refractivity contribution in [2.75, 3.05) is 11.9 Å². The molecule has 0 saturated heterocycles. The van der Waals surface area contributed by atoms with Gasteiger partial charge in [0, 0.05) is 16.6 Å². The van der Waals surface area contributed by atoms with E-state index in [0.29, 0.717) is 24.4 Å². The molecule has 1 aromatic carbocycles. The summed E-state index contributed by atoms with van der Waals surface area (Å²) in [6.07, 6.45) is 0.158. The molecule has 0 spiro atoms. The maximum atomic E-state index is 12.1. The molecule has 6 nitrogen and oxygen atoms in total. The van der Waals surface area contributed by atoms with E-state index < -0.39 is 11.7 Å². The van der Waals surface area contributed by atoms with E-state index in [0.717, 1.165) is 16.5 Å². The van der Waals surface area contributed by atoms with Crippen molar-refractivity contribution in [3.8, 4) is 0 Å². The molecule has 0 unspecified atom stereocenters. The second-order valence-electron chi connectivity index (χ2n) is 6.44. The maximum Gasteiger partial charge on any atom is 0.412 e. The van der Waals surface area contributed by atoms with E-state index >= 15 is 0 Å². The smallest absolute Gasteiger partial charge is 0.412 e. The largest absolute Gasteiger partial charge is 0.461 e. The number of fused-ring (bicyclic) bond motifs is 1. The third-order valence-electron chi connectivity index (χ3n) is 3.38. The Bertz CT molecular complexity index is 756. The van der Waals surface area contributed by atoms with E-state index in [9.17, 15) is 9.59 Å². The molecule has 0 bridgehead atoms. The quantitative estimate of drug-likeness (QED) is 0.820. The van der Waals surface area contributed by atoms with Crippen molar-refractivity contribution in [1.29, 1.82) is 0 Å². The molecular weight excluding hydrogens is 308 g/mol. The van der Waals surface area contributed by atoms with Crippen molar-refractivity contribution in [2.45, 2.75) is 46.6 Å². The van der Waals surface area contributed by atoms with Crippen LogP contribution in [0.3, 0.4) is 0 Å². The number of aromatic amines is 1. The fourth-order valence-electron chi connectivity index (χ4n) is 2.49. The van der Waals surface area contributed by atoms with Crippen molar-refractivity contribution in [1.82, 2.24) is 4.98 Å². The number of ether oxygens (including phenoxy) is 2. The molecule has 1 heterocycles. The Morgan fingerprint density at radius 2 is 1.92 bits per heavy atom. The van der Waals surface area contributed by atoms with E-state index in [2.05, 4.69) is 10.3 Å². The van der Waals surface area contributed by atoms with Gasteiger partial charge in [0.1, 0.15) is 11.3 Å². The van der Waals surface area contributed by atoms with E-state index in [-0.39, 0.29) is 5.97 Å². The maximum absolute atomic E-state index is 12.1. The topological polar surface area (TPSA) is 80.4 Å². The molecular formula is C18H24N2O4. The summed E-state index contributed by atoms with van der Waals surface area (Å²) in [4.78, 5) is 27.1. The van der Waals surface area contributed by atoms with Crippen LogP contribution in [0.1, 0.15) is 50.7 Å². The van der Waals surface area contributed by atoms with Gasteiger partial charge in [-0.15, -0.1) is 0 Å². The number of H-pyrrole nitrogens is 1. The number of benzene rings is 1. The minimum Gasteiger partial charge on any atom is -0.461 e. The summed E-state index contributed by atoms with van der Waals surface area (Å²) in [7, 11) is 0. The van der Waals surface area contributed by atoms with Gasteiger partial charge in [-0.3, -0.25) is 5.32 Å². The molecule has 130 valence electrons. The highest BCUT2D eigenvalue weighted by atomic mass is 16.6. The summed E-state index contributed by atoms with van der Waals surface area (Å²) >= 11 is 0. The number of nitrogens with one attached hydrogen (secondary N) is 2. The zero-order valence-corrected chi connectivity index (χ0v) is 14.8. The highest BCUT2D eigenvalue weighted by molar-refractivity contribution is 6.00. The van der Waals surface area contributed by atoms with Gasteiger partial charge < -0.3 is 14.5 Å². The summed E-state index contributed by atoms with van der Waals surface area (Å²) in [5.74, 6) is -0.368. The third kappa shape index (κ3) is 4.07. The molecule has 1 aromatic heterocycles. The Hall–Kier alpha value is -2.50. The SMILES string of the molecule is CCOC(=O)c1[nH]c2ccc(NC(=O)OC(C)(C)C)cc2c1CC. The molecule has 2 N–H and O–H groups in total. The molecule has 0 radical (unpaired) electrons. The Morgan fingerprint density at radius 1 is 1.21 bits per heavy atom. The number of anilines is 1. The number of hydrogen-bond donors (Lipinski definition) is 2. The number of esters is 1. The lowest BCUT2D eigenvalue weighted by molar-refractivity contribution is 0.0518. The third-order valence-corrected chi connectivity index (χ3v) is 3.38. The number of carbonyl (C=O) groups is 2. The first-order chi connectivity index (χ1) is 11.2. The van der Waals surface area contributed by atoms with Crippen LogP contribution in [0.5, 0.6) is 0 Å². The molecule has 0 aliphatic rings. The van der Waals surface area contributed by atoms with Gasteiger partial charge in [0.05, 0.1) is 6.61 Å². The minimum absolute atomic E-state index is 0.322. The number of hydrogen-bond acceptors (Lipinski definition) is 4. The van der Waals surface area contributed by atoms with Gasteiger partial charge in [-0.2, -0.15) is 0 Å². The molecule has 1 amide bonds. The second-order valence-corrected chi connectivity index (χ2v) is 6.44. The lowest BCUT2D eigenvalue weighted by Crippen LogP contribution is -2.27. The van der Waals surface area contributed by atoms with E-state index in [1.54, 1.807) is 13.0 Å². The molecule has 0 saturated carbocycles. The van der Waals surface area contributed by atoms with Gasteiger partial charge in [0.2, 0.25) is 0 Å². The molecule has 2 aromatic rings. The summed E-state index contributed by atoms with van der Waals surface area (Å²) in [6, 6.07) is 5.42. The minimum atomic E-state index is -0.562. The lowest BCUT2D eigenvalue weighted by Gasteiger charge is -2.19. The van der Waals surface area contributed by atoms with Crippen LogP contribution in [0, 0.1) is 0 Å². The normalized spacial score (nSPS) is 11.4. The molecule has 6 heteroatoms. The first-order valence-electron chi connectivity index (χ1n) is 8.07. The van der Waals surface area contributed by atoms with E-state index in [4.69, 9.17) is 9.47 Å². The summed E-state index contributed by atoms with van der Waals surface area (Å²) in [5.41, 5.74) is 2.21. The Balaban J connectivity index is 2.33. The van der Waals surface area contributed by atoms with Crippen LogP contribution < -0.4 is 5.32 Å². The lowest BCUT2D eigenvalue weighted by atomic mass is 10.1. The number of aryl methyl sites for hydroxylation is 1. The van der Waals surface area contributed by atoms with Crippen LogP contribution in [-0.2, 0) is 15.9 Å². The Labute approximate surface area is 141 Å². The Morgan fingerprint density at radius 3 is 2.50 bits per heavy atom. The molecule has 0 aliphatic carbocycles. The molecule has 0 fully saturated rings. The van der Waals surface area contributed by atoms with Gasteiger partial charge in [0.15, 0.2) is 0 Å². The van der Waals surface area contributed by atoms with E-state index in [1.807, 2.05) is 39.8 Å². The average Bonchev–Trinajstić information content (AvgIpc) is 2.83. The molecule has 24 heavy (non-hydrogen) atoms. The number of rotatable bonds is 4. The highest BCUT2D eigenvalue weighted by Gasteiger charge is 2.19. The van der Waals surface area contributed by atoms with Crippen molar-refractivity contribution in [3.05, 3.63) is 29.5 Å². The van der Waals surface area contributed by atoms with Gasteiger partial charge >= 0.3 is 12.1 Å². The number of amides is 1. The van der Waals surface area contributed by atoms with Crippen LogP contribution in [0.2, 0.25) is 0 Å². The van der Waals surface area contributed by atoms with Crippen LogP contribution in [0.15, 0.2) is 18.2 Å². The van der Waals surface area contributed by atoms with Gasteiger partial charge in [0.25, 0.3) is 0 Å². The van der Waals surface area contributed by atoms with Gasteiger partial charge in [-0.05, 0) is 57.9 Å². The first kappa shape index (κ1) is 17.8. The van der Waals surface area contributed by atoms with Crippen LogP contribution in [-0.4, -0.2) is 29.3 Å². The van der Waals surface area contributed by atoms with Crippen molar-refractivity contribution in [2.24, 2.45) is 0 Å². The number of aromatic nitrogens is 1. The molecule has 2 rings (SSSR count). The second kappa shape index (κ2) is 6.95. The van der Waals surface area contributed by atoms with Crippen molar-refractivity contribution >= 4 is 28.7 Å². The summed E-state index contributed by atoms with van der Waals surface area (Å²) < 4.78 is 10.3. The monoisotopic (exact) mass is 332 g/mol. The fourth-order valence-corrected chi connectivity index (χ4v) is 2.49. The van der Waals surface area contributed by atoms with Gasteiger partial charge in [-0.1, -0.05) is 6.92 Å².